The number of benzene rings is 1. The topological polar surface area (TPSA) is 118 Å². The molecule has 1 aromatic carbocycles. The average Bonchev–Trinajstić information content (AvgIpc) is 3.59. The normalized spacial score (nSPS) is 26.2. The summed E-state index contributed by atoms with van der Waals surface area (Å²) in [4.78, 5) is 45.3. The fourth-order valence-electron chi connectivity index (χ4n) is 7.64. The van der Waals surface area contributed by atoms with Crippen LogP contribution in [0, 0.1) is 30.6 Å². The summed E-state index contributed by atoms with van der Waals surface area (Å²) in [5.74, 6) is 0.0830. The number of aromatic nitrogens is 1. The maximum Gasteiger partial charge on any atom is 0.355 e. The van der Waals surface area contributed by atoms with Gasteiger partial charge in [-0.25, -0.2) is 9.18 Å². The first-order chi connectivity index (χ1) is 19.8. The van der Waals surface area contributed by atoms with Crippen molar-refractivity contribution in [2.45, 2.75) is 90.1 Å². The molecular formula is C32H45FN4O4. The molecule has 3 atom stereocenters. The first-order valence-electron chi connectivity index (χ1n) is 15.5. The molecule has 5 rings (SSSR count). The summed E-state index contributed by atoms with van der Waals surface area (Å²) in [5, 5.41) is 3.98. The molecule has 0 bridgehead atoms. The molecule has 4 N–H and O–H groups in total. The van der Waals surface area contributed by atoms with Crippen LogP contribution in [0.15, 0.2) is 18.2 Å². The van der Waals surface area contributed by atoms with Crippen molar-refractivity contribution in [2.75, 3.05) is 25.1 Å². The quantitative estimate of drug-likeness (QED) is 0.364. The van der Waals surface area contributed by atoms with E-state index < -0.39 is 24.7 Å². The number of nitrogens with one attached hydrogen (secondary N) is 2. The number of ether oxygens (including phenoxy) is 1. The third-order valence-electron chi connectivity index (χ3n) is 9.96. The summed E-state index contributed by atoms with van der Waals surface area (Å²) >= 11 is 0. The number of amides is 2. The molecule has 2 heterocycles. The maximum atomic E-state index is 14.0. The van der Waals surface area contributed by atoms with E-state index >= 15 is 0 Å². The molecule has 2 aromatic rings. The van der Waals surface area contributed by atoms with Gasteiger partial charge in [-0.1, -0.05) is 32.1 Å². The number of alkyl halides is 1. The van der Waals surface area contributed by atoms with Crippen LogP contribution in [-0.4, -0.2) is 59.6 Å². The highest BCUT2D eigenvalue weighted by atomic mass is 19.1. The fourth-order valence-corrected chi connectivity index (χ4v) is 7.64. The van der Waals surface area contributed by atoms with Crippen LogP contribution < -0.4 is 11.1 Å². The SMILES string of the molecule is CCOC(=O)c1[nH]c2ccc(NC(=O)[C@@H]3[C@H](C4CCCCC4)CCN3C(=O)[C@H]3CC[C@H](C(N)CF)CC3)cc2c1C. The zero-order valence-corrected chi connectivity index (χ0v) is 24.4. The Bertz CT molecular complexity index is 1250. The third kappa shape index (κ3) is 6.15. The third-order valence-corrected chi connectivity index (χ3v) is 9.96. The van der Waals surface area contributed by atoms with E-state index in [1.807, 2.05) is 30.0 Å². The zero-order chi connectivity index (χ0) is 29.1. The Kier molecular flexibility index (Phi) is 9.32. The van der Waals surface area contributed by atoms with Crippen LogP contribution >= 0.6 is 0 Å². The summed E-state index contributed by atoms with van der Waals surface area (Å²) in [6.45, 7) is 4.00. The number of hydrogen-bond donors (Lipinski definition) is 3. The Morgan fingerprint density at radius 3 is 2.51 bits per heavy atom. The lowest BCUT2D eigenvalue weighted by atomic mass is 9.76. The predicted molar refractivity (Wildman–Crippen MR) is 157 cm³/mol. The molecule has 1 aromatic heterocycles. The number of carbonyl (C=O) groups excluding carboxylic acids is 3. The van der Waals surface area contributed by atoms with Crippen LogP contribution in [0.1, 0.15) is 87.2 Å². The van der Waals surface area contributed by atoms with Crippen molar-refractivity contribution in [3.8, 4) is 0 Å². The Labute approximate surface area is 241 Å². The number of nitrogens with two attached hydrogens (primary N) is 1. The highest BCUT2D eigenvalue weighted by Gasteiger charge is 2.47. The van der Waals surface area contributed by atoms with Gasteiger partial charge < -0.3 is 25.7 Å². The van der Waals surface area contributed by atoms with Gasteiger partial charge >= 0.3 is 5.97 Å². The summed E-state index contributed by atoms with van der Waals surface area (Å²) in [7, 11) is 0. The number of hydrogen-bond acceptors (Lipinski definition) is 5. The van der Waals surface area contributed by atoms with Crippen molar-refractivity contribution in [2.24, 2.45) is 29.4 Å². The van der Waals surface area contributed by atoms with Crippen molar-refractivity contribution in [3.63, 3.8) is 0 Å². The highest BCUT2D eigenvalue weighted by molar-refractivity contribution is 6.02. The second kappa shape index (κ2) is 12.9. The van der Waals surface area contributed by atoms with E-state index in [9.17, 15) is 18.8 Å². The van der Waals surface area contributed by atoms with Gasteiger partial charge in [0, 0.05) is 35.1 Å². The molecular weight excluding hydrogens is 523 g/mol. The number of nitrogens with zero attached hydrogens (tertiary/aromatic N) is 1. The monoisotopic (exact) mass is 568 g/mol. The van der Waals surface area contributed by atoms with Crippen molar-refractivity contribution in [1.29, 1.82) is 0 Å². The Morgan fingerprint density at radius 1 is 1.10 bits per heavy atom. The van der Waals surface area contributed by atoms with Crippen LogP contribution in [0.4, 0.5) is 10.1 Å². The Balaban J connectivity index is 1.35. The second-order valence-corrected chi connectivity index (χ2v) is 12.4. The number of carbonyl (C=O) groups is 3. The van der Waals surface area contributed by atoms with Crippen molar-refractivity contribution >= 4 is 34.4 Å². The molecule has 1 unspecified atom stereocenters. The van der Waals surface area contributed by atoms with Crippen LogP contribution in [0.3, 0.4) is 0 Å². The number of H-pyrrole nitrogens is 1. The number of fused-ring (bicyclic) bond motifs is 1. The molecule has 2 saturated carbocycles. The number of rotatable bonds is 8. The van der Waals surface area contributed by atoms with Crippen molar-refractivity contribution < 1.29 is 23.5 Å². The van der Waals surface area contributed by atoms with E-state index in [1.165, 1.54) is 19.3 Å². The van der Waals surface area contributed by atoms with Crippen LogP contribution in [0.25, 0.3) is 10.9 Å². The van der Waals surface area contributed by atoms with E-state index in [2.05, 4.69) is 10.3 Å². The number of esters is 1. The molecule has 1 saturated heterocycles. The molecule has 9 heteroatoms. The number of halogens is 1. The van der Waals surface area contributed by atoms with Crippen molar-refractivity contribution in [1.82, 2.24) is 9.88 Å². The minimum absolute atomic E-state index is 0.0618. The van der Waals surface area contributed by atoms with E-state index in [0.717, 1.165) is 48.6 Å². The van der Waals surface area contributed by atoms with Gasteiger partial charge in [-0.05, 0) is 87.5 Å². The number of aromatic amines is 1. The van der Waals surface area contributed by atoms with E-state index in [1.54, 1.807) is 6.92 Å². The first-order valence-corrected chi connectivity index (χ1v) is 15.5. The van der Waals surface area contributed by atoms with Gasteiger partial charge in [0.15, 0.2) is 0 Å². The molecule has 0 spiro atoms. The molecule has 3 aliphatic rings. The first kappa shape index (κ1) is 29.5. The average molecular weight is 569 g/mol. The summed E-state index contributed by atoms with van der Waals surface area (Å²) in [6.07, 6.45) is 9.53. The molecule has 8 nitrogen and oxygen atoms in total. The molecule has 2 amide bonds. The van der Waals surface area contributed by atoms with Crippen LogP contribution in [-0.2, 0) is 14.3 Å². The van der Waals surface area contributed by atoms with Gasteiger partial charge in [0.1, 0.15) is 18.4 Å². The smallest absolute Gasteiger partial charge is 0.355 e. The Morgan fingerprint density at radius 2 is 1.83 bits per heavy atom. The lowest BCUT2D eigenvalue weighted by molar-refractivity contribution is -0.142. The van der Waals surface area contributed by atoms with E-state index in [0.29, 0.717) is 43.3 Å². The zero-order valence-electron chi connectivity index (χ0n) is 24.4. The fraction of sp³-hybridized carbons (Fsp3) is 0.656. The number of likely N-dealkylation sites (tertiary alicyclic amines) is 1. The van der Waals surface area contributed by atoms with Crippen LogP contribution in [0.5, 0.6) is 0 Å². The number of anilines is 1. The predicted octanol–water partition coefficient (Wildman–Crippen LogP) is 5.49. The molecule has 224 valence electrons. The molecule has 41 heavy (non-hydrogen) atoms. The lowest BCUT2D eigenvalue weighted by Gasteiger charge is -2.36. The standard InChI is InChI=1S/C32H45FN4O4/c1-3-41-32(40)28-19(2)25-17-23(13-14-27(25)36-28)35-30(38)29-24(20-7-5-4-6-8-20)15-16-37(29)31(39)22-11-9-21(10-12-22)26(34)18-33/h13-14,17,20-22,24,26,29,36H,3-12,15-16,18,34H2,1-2H3,(H,35,38)/t21-,22-,24-,26?,29-/m0/s1. The second-order valence-electron chi connectivity index (χ2n) is 12.4. The van der Waals surface area contributed by atoms with Gasteiger partial charge in [0.25, 0.3) is 0 Å². The molecule has 0 radical (unpaired) electrons. The summed E-state index contributed by atoms with van der Waals surface area (Å²) < 4.78 is 18.3. The minimum Gasteiger partial charge on any atom is -0.461 e. The van der Waals surface area contributed by atoms with Gasteiger partial charge in [0.05, 0.1) is 6.61 Å². The van der Waals surface area contributed by atoms with Gasteiger partial charge in [0.2, 0.25) is 11.8 Å². The largest absolute Gasteiger partial charge is 0.461 e. The van der Waals surface area contributed by atoms with Crippen LogP contribution in [0.2, 0.25) is 0 Å². The molecule has 2 aliphatic carbocycles. The van der Waals surface area contributed by atoms with Gasteiger partial charge in [-0.2, -0.15) is 0 Å². The van der Waals surface area contributed by atoms with Gasteiger partial charge in [-0.3, -0.25) is 9.59 Å². The maximum absolute atomic E-state index is 14.0. The molecule has 1 aliphatic heterocycles. The summed E-state index contributed by atoms with van der Waals surface area (Å²) in [6, 6.07) is 4.61. The summed E-state index contributed by atoms with van der Waals surface area (Å²) in [5.41, 5.74) is 8.58. The highest BCUT2D eigenvalue weighted by Crippen LogP contribution is 2.41. The van der Waals surface area contributed by atoms with E-state index in [4.69, 9.17) is 10.5 Å². The Hall–Kier alpha value is -2.94. The van der Waals surface area contributed by atoms with E-state index in [-0.39, 0.29) is 29.6 Å². The minimum atomic E-state index is -0.529. The van der Waals surface area contributed by atoms with Gasteiger partial charge in [-0.15, -0.1) is 0 Å². The van der Waals surface area contributed by atoms with Crippen molar-refractivity contribution in [3.05, 3.63) is 29.5 Å². The molecule has 3 fully saturated rings. The lowest BCUT2D eigenvalue weighted by Crippen LogP contribution is -2.50. The number of aryl methyl sites for hydroxylation is 1.